The van der Waals surface area contributed by atoms with E-state index in [-0.39, 0.29) is 5.41 Å². The third-order valence-corrected chi connectivity index (χ3v) is 4.16. The highest BCUT2D eigenvalue weighted by Crippen LogP contribution is 2.28. The van der Waals surface area contributed by atoms with Crippen LogP contribution in [-0.4, -0.2) is 4.98 Å². The van der Waals surface area contributed by atoms with Gasteiger partial charge in [-0.3, -0.25) is 0 Å². The van der Waals surface area contributed by atoms with Crippen LogP contribution in [-0.2, 0) is 6.42 Å². The van der Waals surface area contributed by atoms with Crippen LogP contribution in [0.2, 0.25) is 0 Å². The van der Waals surface area contributed by atoms with Gasteiger partial charge in [0.25, 0.3) is 0 Å². The molecule has 0 amide bonds. The Hall–Kier alpha value is -1.40. The highest BCUT2D eigenvalue weighted by molar-refractivity contribution is 7.18. The van der Waals surface area contributed by atoms with Crippen molar-refractivity contribution in [3.63, 3.8) is 0 Å². The van der Waals surface area contributed by atoms with Gasteiger partial charge in [0.05, 0.1) is 26.7 Å². The average molecular weight is 244 g/mol. The van der Waals surface area contributed by atoms with E-state index in [1.165, 1.54) is 10.3 Å². The summed E-state index contributed by atoms with van der Waals surface area (Å²) in [5.74, 6) is 0. The molecule has 0 aliphatic heterocycles. The molecule has 0 saturated heterocycles. The van der Waals surface area contributed by atoms with Crippen molar-refractivity contribution in [1.29, 1.82) is 5.26 Å². The van der Waals surface area contributed by atoms with Crippen LogP contribution in [0.4, 0.5) is 0 Å². The largest absolute Gasteiger partial charge is 0.242 e. The van der Waals surface area contributed by atoms with Crippen LogP contribution < -0.4 is 0 Å². The fourth-order valence-corrected chi connectivity index (χ4v) is 2.70. The van der Waals surface area contributed by atoms with Crippen molar-refractivity contribution >= 4 is 21.6 Å². The van der Waals surface area contributed by atoms with Crippen LogP contribution in [0, 0.1) is 23.7 Å². The van der Waals surface area contributed by atoms with E-state index in [9.17, 15) is 5.26 Å². The third-order valence-electron chi connectivity index (χ3n) is 3.20. The maximum absolute atomic E-state index is 9.20. The summed E-state index contributed by atoms with van der Waals surface area (Å²) in [6, 6.07) is 8.76. The lowest BCUT2D eigenvalue weighted by Gasteiger charge is -2.18. The summed E-state index contributed by atoms with van der Waals surface area (Å²) >= 11 is 1.71. The molecule has 0 radical (unpaired) electrons. The number of thiazole rings is 1. The molecule has 0 fully saturated rings. The molecule has 0 aliphatic rings. The standard InChI is InChI=1S/C14H16N2S/c1-4-14(3,9-15)8-11-5-6-13-12(7-11)16-10(2)17-13/h5-7H,4,8H2,1-3H3. The first kappa shape index (κ1) is 12.1. The second-order valence-electron chi connectivity index (χ2n) is 4.74. The van der Waals surface area contributed by atoms with Crippen LogP contribution >= 0.6 is 11.3 Å². The highest BCUT2D eigenvalue weighted by Gasteiger charge is 2.22. The summed E-state index contributed by atoms with van der Waals surface area (Å²) < 4.78 is 1.22. The summed E-state index contributed by atoms with van der Waals surface area (Å²) in [4.78, 5) is 4.49. The molecule has 2 aromatic rings. The van der Waals surface area contributed by atoms with Gasteiger partial charge in [-0.15, -0.1) is 11.3 Å². The van der Waals surface area contributed by atoms with Gasteiger partial charge >= 0.3 is 0 Å². The van der Waals surface area contributed by atoms with Crippen LogP contribution in [0.1, 0.15) is 30.8 Å². The normalized spacial score (nSPS) is 14.5. The molecule has 1 unspecified atom stereocenters. The number of hydrogen-bond donors (Lipinski definition) is 0. The van der Waals surface area contributed by atoms with Crippen LogP contribution in [0.5, 0.6) is 0 Å². The van der Waals surface area contributed by atoms with Crippen molar-refractivity contribution in [2.24, 2.45) is 5.41 Å². The fraction of sp³-hybridized carbons (Fsp3) is 0.429. The van der Waals surface area contributed by atoms with Crippen LogP contribution in [0.3, 0.4) is 0 Å². The quantitative estimate of drug-likeness (QED) is 0.815. The number of nitrogens with zero attached hydrogens (tertiary/aromatic N) is 2. The Morgan fingerprint density at radius 1 is 1.47 bits per heavy atom. The molecule has 3 heteroatoms. The fourth-order valence-electron chi connectivity index (χ4n) is 1.89. The number of aryl methyl sites for hydroxylation is 1. The maximum atomic E-state index is 9.20. The third kappa shape index (κ3) is 2.48. The Bertz CT molecular complexity index is 579. The lowest BCUT2D eigenvalue weighted by Crippen LogP contribution is -2.15. The second kappa shape index (κ2) is 4.46. The van der Waals surface area contributed by atoms with Crippen molar-refractivity contribution in [2.45, 2.75) is 33.6 Å². The van der Waals surface area contributed by atoms with E-state index in [0.29, 0.717) is 0 Å². The molecule has 88 valence electrons. The molecule has 0 saturated carbocycles. The van der Waals surface area contributed by atoms with Gasteiger partial charge in [-0.1, -0.05) is 13.0 Å². The summed E-state index contributed by atoms with van der Waals surface area (Å²) in [7, 11) is 0. The van der Waals surface area contributed by atoms with Crippen molar-refractivity contribution in [3.8, 4) is 6.07 Å². The van der Waals surface area contributed by atoms with Crippen molar-refractivity contribution in [1.82, 2.24) is 4.98 Å². The number of nitriles is 1. The van der Waals surface area contributed by atoms with E-state index in [1.807, 2.05) is 13.8 Å². The summed E-state index contributed by atoms with van der Waals surface area (Å²) in [6.07, 6.45) is 1.67. The molecule has 2 rings (SSSR count). The first-order chi connectivity index (χ1) is 8.06. The molecule has 0 N–H and O–H groups in total. The Labute approximate surface area is 106 Å². The molecule has 0 bridgehead atoms. The van der Waals surface area contributed by atoms with E-state index in [2.05, 4.69) is 36.2 Å². The second-order valence-corrected chi connectivity index (χ2v) is 5.97. The Kier molecular flexibility index (Phi) is 3.17. The molecule has 2 nitrogen and oxygen atoms in total. The molecular formula is C14H16N2S. The monoisotopic (exact) mass is 244 g/mol. The van der Waals surface area contributed by atoms with E-state index in [1.54, 1.807) is 11.3 Å². The number of fused-ring (bicyclic) bond motifs is 1. The molecule has 1 heterocycles. The van der Waals surface area contributed by atoms with Gasteiger partial charge in [-0.2, -0.15) is 5.26 Å². The first-order valence-electron chi connectivity index (χ1n) is 5.83. The molecule has 0 spiro atoms. The highest BCUT2D eigenvalue weighted by atomic mass is 32.1. The number of aromatic nitrogens is 1. The minimum atomic E-state index is -0.265. The molecule has 0 aliphatic carbocycles. The van der Waals surface area contributed by atoms with Crippen LogP contribution in [0.25, 0.3) is 10.2 Å². The van der Waals surface area contributed by atoms with E-state index in [4.69, 9.17) is 0 Å². The van der Waals surface area contributed by atoms with Crippen molar-refractivity contribution in [2.75, 3.05) is 0 Å². The Balaban J connectivity index is 2.34. The number of rotatable bonds is 3. The predicted octanol–water partition coefficient (Wildman–Crippen LogP) is 4.09. The SMILES string of the molecule is CCC(C)(C#N)Cc1ccc2sc(C)nc2c1. The number of hydrogen-bond acceptors (Lipinski definition) is 3. The molecule has 1 aromatic heterocycles. The van der Waals surface area contributed by atoms with Gasteiger partial charge in [-0.05, 0) is 44.4 Å². The Morgan fingerprint density at radius 3 is 2.88 bits per heavy atom. The topological polar surface area (TPSA) is 36.7 Å². The summed E-state index contributed by atoms with van der Waals surface area (Å²) in [5, 5.41) is 10.3. The summed E-state index contributed by atoms with van der Waals surface area (Å²) in [5.41, 5.74) is 1.99. The van der Waals surface area contributed by atoms with Gasteiger partial charge < -0.3 is 0 Å². The van der Waals surface area contributed by atoms with Gasteiger partial charge in [0.1, 0.15) is 0 Å². The lowest BCUT2D eigenvalue weighted by atomic mass is 9.83. The van der Waals surface area contributed by atoms with Gasteiger partial charge in [0.15, 0.2) is 0 Å². The lowest BCUT2D eigenvalue weighted by molar-refractivity contribution is 0.423. The molecular weight excluding hydrogens is 228 g/mol. The van der Waals surface area contributed by atoms with Gasteiger partial charge in [0, 0.05) is 0 Å². The minimum Gasteiger partial charge on any atom is -0.242 e. The van der Waals surface area contributed by atoms with E-state index < -0.39 is 0 Å². The van der Waals surface area contributed by atoms with Crippen molar-refractivity contribution in [3.05, 3.63) is 28.8 Å². The van der Waals surface area contributed by atoms with Crippen LogP contribution in [0.15, 0.2) is 18.2 Å². The van der Waals surface area contributed by atoms with Crippen molar-refractivity contribution < 1.29 is 0 Å². The van der Waals surface area contributed by atoms with Gasteiger partial charge in [0.2, 0.25) is 0 Å². The smallest absolute Gasteiger partial charge is 0.0907 e. The Morgan fingerprint density at radius 2 is 2.24 bits per heavy atom. The zero-order valence-corrected chi connectivity index (χ0v) is 11.3. The maximum Gasteiger partial charge on any atom is 0.0907 e. The zero-order chi connectivity index (χ0) is 12.5. The molecule has 17 heavy (non-hydrogen) atoms. The van der Waals surface area contributed by atoms with E-state index in [0.717, 1.165) is 23.4 Å². The van der Waals surface area contributed by atoms with Gasteiger partial charge in [-0.25, -0.2) is 4.98 Å². The predicted molar refractivity (Wildman–Crippen MR) is 72.1 cm³/mol. The molecule has 1 aromatic carbocycles. The minimum absolute atomic E-state index is 0.265. The summed E-state index contributed by atoms with van der Waals surface area (Å²) in [6.45, 7) is 6.11. The first-order valence-corrected chi connectivity index (χ1v) is 6.65. The molecule has 1 atom stereocenters. The average Bonchev–Trinajstić information content (AvgIpc) is 2.68. The van der Waals surface area contributed by atoms with E-state index >= 15 is 0 Å². The number of benzene rings is 1. The zero-order valence-electron chi connectivity index (χ0n) is 10.4.